The molecule has 1 unspecified atom stereocenters. The molecule has 0 radical (unpaired) electrons. The van der Waals surface area contributed by atoms with Crippen LogP contribution in [0.4, 0.5) is 8.78 Å². The zero-order chi connectivity index (χ0) is 22.7. The number of nitrogens with zero attached hydrogens (tertiary/aromatic N) is 3. The van der Waals surface area contributed by atoms with Crippen molar-refractivity contribution in [3.8, 4) is 5.75 Å². The normalized spacial score (nSPS) is 17.1. The first kappa shape index (κ1) is 22.5. The lowest BCUT2D eigenvalue weighted by Gasteiger charge is -2.37. The van der Waals surface area contributed by atoms with Crippen LogP contribution >= 0.6 is 15.9 Å². The Hall–Kier alpha value is -2.65. The van der Waals surface area contributed by atoms with Crippen LogP contribution in [0.1, 0.15) is 34.9 Å². The average Bonchev–Trinajstić information content (AvgIpc) is 2.80. The molecule has 0 saturated carbocycles. The van der Waals surface area contributed by atoms with Gasteiger partial charge in [-0.3, -0.25) is 9.69 Å². The van der Waals surface area contributed by atoms with Crippen LogP contribution in [-0.2, 0) is 0 Å². The third-order valence-electron chi connectivity index (χ3n) is 5.69. The lowest BCUT2D eigenvalue weighted by atomic mass is 10.0. The third kappa shape index (κ3) is 5.05. The fourth-order valence-electron chi connectivity index (χ4n) is 3.91. The molecular weight excluding hydrogens is 482 g/mol. The van der Waals surface area contributed by atoms with Crippen molar-refractivity contribution in [1.29, 1.82) is 0 Å². The van der Waals surface area contributed by atoms with E-state index in [0.29, 0.717) is 15.9 Å². The molecule has 1 aromatic carbocycles. The van der Waals surface area contributed by atoms with E-state index in [1.807, 2.05) is 35.2 Å². The van der Waals surface area contributed by atoms with E-state index in [9.17, 15) is 13.6 Å². The molecule has 3 aromatic rings. The SMILES string of the molecule is COc1cc(C(=O)NCC(c2ccc(Br)nc2)N2CCC(F)(F)CC2)nc2ccccc12. The van der Waals surface area contributed by atoms with E-state index in [2.05, 4.69) is 31.2 Å². The van der Waals surface area contributed by atoms with Crippen molar-refractivity contribution in [2.45, 2.75) is 24.8 Å². The summed E-state index contributed by atoms with van der Waals surface area (Å²) in [6, 6.07) is 12.4. The maximum absolute atomic E-state index is 13.7. The molecule has 32 heavy (non-hydrogen) atoms. The Balaban J connectivity index is 1.54. The summed E-state index contributed by atoms with van der Waals surface area (Å²) in [5, 5.41) is 3.74. The topological polar surface area (TPSA) is 67.3 Å². The number of hydrogen-bond acceptors (Lipinski definition) is 5. The van der Waals surface area contributed by atoms with E-state index in [0.717, 1.165) is 10.9 Å². The number of alkyl halides is 2. The van der Waals surface area contributed by atoms with Gasteiger partial charge in [-0.25, -0.2) is 18.7 Å². The zero-order valence-electron chi connectivity index (χ0n) is 17.5. The molecule has 1 saturated heterocycles. The number of rotatable bonds is 6. The number of halogens is 3. The number of carbonyl (C=O) groups excluding carboxylic acids is 1. The van der Waals surface area contributed by atoms with Crippen molar-refractivity contribution >= 4 is 32.7 Å². The van der Waals surface area contributed by atoms with E-state index in [1.165, 1.54) is 0 Å². The predicted molar refractivity (Wildman–Crippen MR) is 121 cm³/mol. The average molecular weight is 505 g/mol. The number of aromatic nitrogens is 2. The van der Waals surface area contributed by atoms with Crippen LogP contribution in [-0.4, -0.2) is 53.4 Å². The van der Waals surface area contributed by atoms with E-state index in [1.54, 1.807) is 25.4 Å². The van der Waals surface area contributed by atoms with Gasteiger partial charge in [0.1, 0.15) is 16.0 Å². The number of piperidine rings is 1. The number of carbonyl (C=O) groups is 1. The fraction of sp³-hybridized carbons (Fsp3) is 0.348. The van der Waals surface area contributed by atoms with Crippen LogP contribution in [0.5, 0.6) is 5.75 Å². The molecule has 4 rings (SSSR count). The summed E-state index contributed by atoms with van der Waals surface area (Å²) in [4.78, 5) is 23.6. The first-order valence-corrected chi connectivity index (χ1v) is 11.1. The number of ether oxygens (including phenoxy) is 1. The Morgan fingerprint density at radius 1 is 1.25 bits per heavy atom. The molecule has 2 aromatic heterocycles. The molecule has 0 aliphatic carbocycles. The Bertz CT molecular complexity index is 1100. The van der Waals surface area contributed by atoms with Gasteiger partial charge in [-0.15, -0.1) is 0 Å². The highest BCUT2D eigenvalue weighted by atomic mass is 79.9. The van der Waals surface area contributed by atoms with Crippen LogP contribution in [0.15, 0.2) is 53.3 Å². The third-order valence-corrected chi connectivity index (χ3v) is 6.16. The summed E-state index contributed by atoms with van der Waals surface area (Å²) in [7, 11) is 1.55. The van der Waals surface area contributed by atoms with Gasteiger partial charge in [-0.2, -0.15) is 0 Å². The molecule has 1 atom stereocenters. The number of fused-ring (bicyclic) bond motifs is 1. The number of hydrogen-bond donors (Lipinski definition) is 1. The van der Waals surface area contributed by atoms with Crippen LogP contribution in [0, 0.1) is 0 Å². The maximum atomic E-state index is 13.7. The van der Waals surface area contributed by atoms with Gasteiger partial charge in [-0.1, -0.05) is 18.2 Å². The second-order valence-corrected chi connectivity index (χ2v) is 8.57. The number of pyridine rings is 2. The number of para-hydroxylation sites is 1. The summed E-state index contributed by atoms with van der Waals surface area (Å²) in [5.41, 5.74) is 1.74. The predicted octanol–water partition coefficient (Wildman–Crippen LogP) is 4.60. The van der Waals surface area contributed by atoms with Gasteiger partial charge in [0.05, 0.1) is 18.7 Å². The first-order chi connectivity index (χ1) is 15.4. The number of nitrogens with one attached hydrogen (secondary N) is 1. The molecule has 0 bridgehead atoms. The molecule has 6 nitrogen and oxygen atoms in total. The fourth-order valence-corrected chi connectivity index (χ4v) is 4.15. The van der Waals surface area contributed by atoms with Gasteiger partial charge in [0.15, 0.2) is 0 Å². The molecule has 9 heteroatoms. The first-order valence-electron chi connectivity index (χ1n) is 10.3. The second-order valence-electron chi connectivity index (χ2n) is 7.76. The van der Waals surface area contributed by atoms with Crippen molar-refractivity contribution < 1.29 is 18.3 Å². The van der Waals surface area contributed by atoms with E-state index in [-0.39, 0.29) is 50.1 Å². The zero-order valence-corrected chi connectivity index (χ0v) is 19.1. The van der Waals surface area contributed by atoms with Crippen LogP contribution in [0.25, 0.3) is 10.9 Å². The number of amides is 1. The summed E-state index contributed by atoms with van der Waals surface area (Å²) in [6.07, 6.45) is 1.29. The lowest BCUT2D eigenvalue weighted by molar-refractivity contribution is -0.0632. The van der Waals surface area contributed by atoms with E-state index < -0.39 is 5.92 Å². The molecule has 0 spiro atoms. The van der Waals surface area contributed by atoms with Crippen LogP contribution in [0.3, 0.4) is 0 Å². The van der Waals surface area contributed by atoms with Crippen molar-refractivity contribution in [3.63, 3.8) is 0 Å². The molecule has 1 aliphatic heterocycles. The highest BCUT2D eigenvalue weighted by Gasteiger charge is 2.36. The molecule has 3 heterocycles. The Morgan fingerprint density at radius 2 is 2.00 bits per heavy atom. The minimum absolute atomic E-state index is 0.204. The van der Waals surface area contributed by atoms with E-state index in [4.69, 9.17) is 4.74 Å². The second kappa shape index (κ2) is 9.46. The number of likely N-dealkylation sites (tertiary alicyclic amines) is 1. The number of benzene rings is 1. The van der Waals surface area contributed by atoms with Crippen molar-refractivity contribution in [1.82, 2.24) is 20.2 Å². The molecule has 1 N–H and O–H groups in total. The molecule has 1 amide bonds. The Labute approximate surface area is 193 Å². The van der Waals surface area contributed by atoms with Gasteiger partial charge < -0.3 is 10.1 Å². The van der Waals surface area contributed by atoms with Crippen molar-refractivity contribution in [2.75, 3.05) is 26.7 Å². The van der Waals surface area contributed by atoms with Gasteiger partial charge in [0, 0.05) is 50.1 Å². The molecule has 1 aliphatic rings. The smallest absolute Gasteiger partial charge is 0.270 e. The summed E-state index contributed by atoms with van der Waals surface area (Å²) >= 11 is 3.32. The maximum Gasteiger partial charge on any atom is 0.270 e. The van der Waals surface area contributed by atoms with Gasteiger partial charge in [-0.05, 0) is 39.7 Å². The monoisotopic (exact) mass is 504 g/mol. The van der Waals surface area contributed by atoms with Crippen LogP contribution < -0.4 is 10.1 Å². The standard InChI is InChI=1S/C23H23BrF2N4O2/c1-32-20-12-18(29-17-5-3-2-4-16(17)20)22(31)28-14-19(15-6-7-21(24)27-13-15)30-10-8-23(25,26)9-11-30/h2-7,12-13,19H,8-11,14H2,1H3,(H,28,31). The summed E-state index contributed by atoms with van der Waals surface area (Å²) in [5.74, 6) is -2.44. The molecule has 1 fully saturated rings. The van der Waals surface area contributed by atoms with Crippen LogP contribution in [0.2, 0.25) is 0 Å². The minimum Gasteiger partial charge on any atom is -0.496 e. The summed E-state index contributed by atoms with van der Waals surface area (Å²) < 4.78 is 33.5. The van der Waals surface area contributed by atoms with Gasteiger partial charge in [0.2, 0.25) is 0 Å². The highest BCUT2D eigenvalue weighted by Crippen LogP contribution is 2.32. The molecular formula is C23H23BrF2N4O2. The largest absolute Gasteiger partial charge is 0.496 e. The lowest BCUT2D eigenvalue weighted by Crippen LogP contribution is -2.45. The Morgan fingerprint density at radius 3 is 2.69 bits per heavy atom. The number of methoxy groups -OCH3 is 1. The van der Waals surface area contributed by atoms with E-state index >= 15 is 0 Å². The molecule has 168 valence electrons. The van der Waals surface area contributed by atoms with Gasteiger partial charge in [0.25, 0.3) is 11.8 Å². The highest BCUT2D eigenvalue weighted by molar-refractivity contribution is 9.10. The van der Waals surface area contributed by atoms with Crippen molar-refractivity contribution in [2.24, 2.45) is 0 Å². The van der Waals surface area contributed by atoms with Gasteiger partial charge >= 0.3 is 0 Å². The van der Waals surface area contributed by atoms with Crippen molar-refractivity contribution in [3.05, 3.63) is 64.5 Å². The Kier molecular flexibility index (Phi) is 6.66. The summed E-state index contributed by atoms with van der Waals surface area (Å²) in [6.45, 7) is 0.724. The minimum atomic E-state index is -2.65. The quantitative estimate of drug-likeness (QED) is 0.496.